The quantitative estimate of drug-likeness (QED) is 0.858. The second kappa shape index (κ2) is 6.86. The van der Waals surface area contributed by atoms with Crippen molar-refractivity contribution in [2.24, 2.45) is 0 Å². The molecule has 0 atom stereocenters. The standard InChI is InChI=1S/C18H17F3N2O3/c1-10-15-13(3-2-4-14(15)24)23-16(10)17(25)22-11-5-7-12(8-6-11)26-9-18(19,20)21/h5-8,23H,2-4,9H2,1H3,(H,22,25). The average Bonchev–Trinajstić information content (AvgIpc) is 2.92. The molecule has 26 heavy (non-hydrogen) atoms. The number of carbonyl (C=O) groups excluding carboxylic acids is 2. The van der Waals surface area contributed by atoms with Crippen molar-refractivity contribution in [3.63, 3.8) is 0 Å². The third-order valence-corrected chi connectivity index (χ3v) is 4.18. The zero-order chi connectivity index (χ0) is 18.9. The molecule has 1 aliphatic rings. The van der Waals surface area contributed by atoms with Gasteiger partial charge in [0.05, 0.1) is 0 Å². The summed E-state index contributed by atoms with van der Waals surface area (Å²) in [4.78, 5) is 27.5. The van der Waals surface area contributed by atoms with Gasteiger partial charge < -0.3 is 15.0 Å². The molecule has 8 heteroatoms. The zero-order valence-corrected chi connectivity index (χ0v) is 14.0. The number of ketones is 1. The number of halogens is 3. The predicted octanol–water partition coefficient (Wildman–Crippen LogP) is 4.04. The number of alkyl halides is 3. The Hall–Kier alpha value is -2.77. The van der Waals surface area contributed by atoms with Gasteiger partial charge in [0.2, 0.25) is 0 Å². The molecule has 0 bridgehead atoms. The van der Waals surface area contributed by atoms with Crippen LogP contribution < -0.4 is 10.1 Å². The molecule has 1 aromatic heterocycles. The zero-order valence-electron chi connectivity index (χ0n) is 14.0. The molecule has 0 unspecified atom stereocenters. The summed E-state index contributed by atoms with van der Waals surface area (Å²) in [6.45, 7) is 0.349. The molecule has 0 saturated heterocycles. The van der Waals surface area contributed by atoms with E-state index in [2.05, 4.69) is 15.0 Å². The summed E-state index contributed by atoms with van der Waals surface area (Å²) in [6, 6.07) is 5.59. The minimum atomic E-state index is -4.41. The van der Waals surface area contributed by atoms with Gasteiger partial charge in [-0.25, -0.2) is 0 Å². The number of aryl methyl sites for hydroxylation is 1. The topological polar surface area (TPSA) is 71.2 Å². The van der Waals surface area contributed by atoms with E-state index in [-0.39, 0.29) is 11.5 Å². The maximum Gasteiger partial charge on any atom is 0.422 e. The first-order valence-electron chi connectivity index (χ1n) is 8.10. The first kappa shape index (κ1) is 18.0. The average molecular weight is 366 g/mol. The van der Waals surface area contributed by atoms with E-state index in [9.17, 15) is 22.8 Å². The Morgan fingerprint density at radius 2 is 1.92 bits per heavy atom. The molecule has 1 aliphatic carbocycles. The summed E-state index contributed by atoms with van der Waals surface area (Å²) in [5.41, 5.74) is 2.72. The summed E-state index contributed by atoms with van der Waals surface area (Å²) in [5.74, 6) is -0.323. The summed E-state index contributed by atoms with van der Waals surface area (Å²) in [5, 5.41) is 2.66. The third kappa shape index (κ3) is 3.89. The van der Waals surface area contributed by atoms with E-state index < -0.39 is 18.7 Å². The van der Waals surface area contributed by atoms with E-state index in [1.54, 1.807) is 6.92 Å². The van der Waals surface area contributed by atoms with Gasteiger partial charge >= 0.3 is 6.18 Å². The van der Waals surface area contributed by atoms with E-state index in [0.717, 1.165) is 18.5 Å². The molecule has 2 N–H and O–H groups in total. The highest BCUT2D eigenvalue weighted by Crippen LogP contribution is 2.27. The minimum Gasteiger partial charge on any atom is -0.484 e. The smallest absolute Gasteiger partial charge is 0.422 e. The highest BCUT2D eigenvalue weighted by molar-refractivity contribution is 6.08. The largest absolute Gasteiger partial charge is 0.484 e. The molecule has 5 nitrogen and oxygen atoms in total. The van der Waals surface area contributed by atoms with Crippen molar-refractivity contribution in [1.82, 2.24) is 4.98 Å². The number of amides is 1. The monoisotopic (exact) mass is 366 g/mol. The van der Waals surface area contributed by atoms with Gasteiger partial charge in [0.25, 0.3) is 5.91 Å². The van der Waals surface area contributed by atoms with E-state index in [0.29, 0.717) is 28.9 Å². The Bertz CT molecular complexity index is 839. The van der Waals surface area contributed by atoms with Crippen LogP contribution in [0.25, 0.3) is 0 Å². The van der Waals surface area contributed by atoms with Crippen LogP contribution in [-0.4, -0.2) is 29.5 Å². The number of carbonyl (C=O) groups is 2. The van der Waals surface area contributed by atoms with Crippen molar-refractivity contribution in [2.45, 2.75) is 32.4 Å². The molecule has 0 saturated carbocycles. The van der Waals surface area contributed by atoms with Gasteiger partial charge in [-0.2, -0.15) is 13.2 Å². The van der Waals surface area contributed by atoms with Gasteiger partial charge in [-0.1, -0.05) is 0 Å². The van der Waals surface area contributed by atoms with Crippen LogP contribution in [0.4, 0.5) is 18.9 Å². The lowest BCUT2D eigenvalue weighted by atomic mass is 9.94. The Morgan fingerprint density at radius 3 is 2.54 bits per heavy atom. The Balaban J connectivity index is 1.70. The van der Waals surface area contributed by atoms with Crippen LogP contribution >= 0.6 is 0 Å². The van der Waals surface area contributed by atoms with E-state index in [1.165, 1.54) is 24.3 Å². The fraction of sp³-hybridized carbons (Fsp3) is 0.333. The number of rotatable bonds is 4. The fourth-order valence-electron chi connectivity index (χ4n) is 2.99. The van der Waals surface area contributed by atoms with Gasteiger partial charge in [-0.05, 0) is 49.6 Å². The second-order valence-electron chi connectivity index (χ2n) is 6.14. The molecule has 3 rings (SSSR count). The minimum absolute atomic E-state index is 0.0326. The second-order valence-corrected chi connectivity index (χ2v) is 6.14. The highest BCUT2D eigenvalue weighted by Gasteiger charge is 2.28. The summed E-state index contributed by atoms with van der Waals surface area (Å²) < 4.78 is 41.0. The molecule has 0 radical (unpaired) electrons. The van der Waals surface area contributed by atoms with Crippen LogP contribution in [0.1, 0.15) is 44.9 Å². The van der Waals surface area contributed by atoms with E-state index >= 15 is 0 Å². The maximum absolute atomic E-state index is 12.5. The number of Topliss-reactive ketones (excluding diaryl/α,β-unsaturated/α-hetero) is 1. The first-order chi connectivity index (χ1) is 12.2. The molecular formula is C18H17F3N2O3. The fourth-order valence-corrected chi connectivity index (χ4v) is 2.99. The molecule has 0 aliphatic heterocycles. The van der Waals surface area contributed by atoms with Crippen LogP contribution in [0.15, 0.2) is 24.3 Å². The Morgan fingerprint density at radius 1 is 1.23 bits per heavy atom. The lowest BCUT2D eigenvalue weighted by Gasteiger charge is -2.10. The number of aromatic nitrogens is 1. The predicted molar refractivity (Wildman–Crippen MR) is 88.7 cm³/mol. The lowest BCUT2D eigenvalue weighted by molar-refractivity contribution is -0.153. The molecule has 1 amide bonds. The van der Waals surface area contributed by atoms with Crippen LogP contribution in [0.3, 0.4) is 0 Å². The lowest BCUT2D eigenvalue weighted by Crippen LogP contribution is -2.19. The molecule has 1 aromatic carbocycles. The number of fused-ring (bicyclic) bond motifs is 1. The number of nitrogens with one attached hydrogen (secondary N) is 2. The van der Waals surface area contributed by atoms with E-state index in [4.69, 9.17) is 0 Å². The van der Waals surface area contributed by atoms with Gasteiger partial charge in [-0.15, -0.1) is 0 Å². The van der Waals surface area contributed by atoms with Crippen molar-refractivity contribution in [3.05, 3.63) is 46.8 Å². The molecular weight excluding hydrogens is 349 g/mol. The van der Waals surface area contributed by atoms with Crippen LogP contribution in [-0.2, 0) is 6.42 Å². The van der Waals surface area contributed by atoms with Crippen LogP contribution in [0.2, 0.25) is 0 Å². The summed E-state index contributed by atoms with van der Waals surface area (Å²) in [6.07, 6.45) is -2.45. The Kier molecular flexibility index (Phi) is 4.76. The van der Waals surface area contributed by atoms with Gasteiger partial charge in [0.1, 0.15) is 11.4 Å². The van der Waals surface area contributed by atoms with Crippen molar-refractivity contribution in [3.8, 4) is 5.75 Å². The van der Waals surface area contributed by atoms with Gasteiger partial charge in [-0.3, -0.25) is 9.59 Å². The van der Waals surface area contributed by atoms with Crippen molar-refractivity contribution >= 4 is 17.4 Å². The summed E-state index contributed by atoms with van der Waals surface area (Å²) >= 11 is 0. The highest BCUT2D eigenvalue weighted by atomic mass is 19.4. The molecule has 0 spiro atoms. The van der Waals surface area contributed by atoms with Crippen molar-refractivity contribution in [2.75, 3.05) is 11.9 Å². The normalized spacial score (nSPS) is 14.1. The van der Waals surface area contributed by atoms with Crippen molar-refractivity contribution < 1.29 is 27.5 Å². The summed E-state index contributed by atoms with van der Waals surface area (Å²) in [7, 11) is 0. The van der Waals surface area contributed by atoms with Gasteiger partial charge in [0, 0.05) is 23.4 Å². The SMILES string of the molecule is Cc1c(C(=O)Nc2ccc(OCC(F)(F)F)cc2)[nH]c2c1C(=O)CCC2. The number of hydrogen-bond donors (Lipinski definition) is 2. The number of anilines is 1. The number of ether oxygens (including phenoxy) is 1. The molecule has 0 fully saturated rings. The maximum atomic E-state index is 12.5. The van der Waals surface area contributed by atoms with Gasteiger partial charge in [0.15, 0.2) is 12.4 Å². The first-order valence-corrected chi connectivity index (χ1v) is 8.10. The Labute approximate surface area is 147 Å². The van der Waals surface area contributed by atoms with Crippen LogP contribution in [0.5, 0.6) is 5.75 Å². The number of benzene rings is 1. The van der Waals surface area contributed by atoms with E-state index in [1.807, 2.05) is 0 Å². The molecule has 138 valence electrons. The molecule has 2 aromatic rings. The third-order valence-electron chi connectivity index (χ3n) is 4.18. The van der Waals surface area contributed by atoms with Crippen molar-refractivity contribution in [1.29, 1.82) is 0 Å². The van der Waals surface area contributed by atoms with Crippen LogP contribution in [0, 0.1) is 6.92 Å². The molecule has 1 heterocycles. The number of hydrogen-bond acceptors (Lipinski definition) is 3. The number of aromatic amines is 1. The number of H-pyrrole nitrogens is 1.